The van der Waals surface area contributed by atoms with E-state index in [1.807, 2.05) is 6.07 Å². The number of rotatable bonds is 6. The van der Waals surface area contributed by atoms with Gasteiger partial charge >= 0.3 is 5.69 Å². The number of fused-ring (bicyclic) bond motifs is 1. The van der Waals surface area contributed by atoms with Gasteiger partial charge in [-0.25, -0.2) is 9.89 Å². The van der Waals surface area contributed by atoms with E-state index in [1.165, 1.54) is 23.8 Å². The summed E-state index contributed by atoms with van der Waals surface area (Å²) >= 11 is 0. The largest absolute Gasteiger partial charge is 0.369 e. The van der Waals surface area contributed by atoms with Crippen molar-refractivity contribution in [1.29, 1.82) is 0 Å². The zero-order valence-electron chi connectivity index (χ0n) is 9.94. The fraction of sp³-hybridized carbons (Fsp3) is 0.545. The molecule has 0 saturated carbocycles. The van der Waals surface area contributed by atoms with Crippen molar-refractivity contribution in [2.24, 2.45) is 0 Å². The first-order valence-corrected chi connectivity index (χ1v) is 5.99. The highest BCUT2D eigenvalue weighted by Gasteiger charge is 2.01. The molecule has 0 aliphatic heterocycles. The molecule has 2 aromatic heterocycles. The molecule has 6 heteroatoms. The van der Waals surface area contributed by atoms with E-state index in [2.05, 4.69) is 27.5 Å². The van der Waals surface area contributed by atoms with Gasteiger partial charge < -0.3 is 5.32 Å². The standard InChI is InChI=1S/C11H17N5O/c1-2-3-4-5-8-12-9-6-7-10-13-14-11(17)16(10)15-9/h6-7H,2-5,8H2,1H3,(H,12,15)(H,14,17). The van der Waals surface area contributed by atoms with Gasteiger partial charge in [-0.1, -0.05) is 26.2 Å². The predicted octanol–water partition coefficient (Wildman–Crippen LogP) is 1.41. The summed E-state index contributed by atoms with van der Waals surface area (Å²) in [4.78, 5) is 11.3. The molecule has 0 bridgehead atoms. The summed E-state index contributed by atoms with van der Waals surface area (Å²) in [5.74, 6) is 0.706. The molecule has 2 heterocycles. The molecular formula is C11H17N5O. The van der Waals surface area contributed by atoms with Crippen LogP contribution in [0.3, 0.4) is 0 Å². The average Bonchev–Trinajstić information content (AvgIpc) is 2.71. The fourth-order valence-corrected chi connectivity index (χ4v) is 1.67. The van der Waals surface area contributed by atoms with Crippen LogP contribution in [0, 0.1) is 0 Å². The lowest BCUT2D eigenvalue weighted by atomic mass is 10.2. The van der Waals surface area contributed by atoms with Gasteiger partial charge in [-0.15, -0.1) is 5.10 Å². The Balaban J connectivity index is 1.94. The molecule has 0 aliphatic rings. The van der Waals surface area contributed by atoms with Gasteiger partial charge in [0.1, 0.15) is 5.82 Å². The smallest absolute Gasteiger partial charge is 0.364 e. The third kappa shape index (κ3) is 2.83. The normalized spacial score (nSPS) is 10.9. The molecule has 17 heavy (non-hydrogen) atoms. The highest BCUT2D eigenvalue weighted by Crippen LogP contribution is 2.04. The molecule has 0 radical (unpaired) electrons. The minimum absolute atomic E-state index is 0.311. The first-order valence-electron chi connectivity index (χ1n) is 5.99. The summed E-state index contributed by atoms with van der Waals surface area (Å²) < 4.78 is 1.26. The quantitative estimate of drug-likeness (QED) is 0.742. The van der Waals surface area contributed by atoms with Gasteiger partial charge in [0.25, 0.3) is 0 Å². The average molecular weight is 235 g/mol. The fourth-order valence-electron chi connectivity index (χ4n) is 1.67. The van der Waals surface area contributed by atoms with Crippen LogP contribution in [-0.2, 0) is 0 Å². The van der Waals surface area contributed by atoms with Gasteiger partial charge in [-0.2, -0.15) is 9.61 Å². The van der Waals surface area contributed by atoms with E-state index in [9.17, 15) is 4.79 Å². The zero-order chi connectivity index (χ0) is 12.1. The van der Waals surface area contributed by atoms with Crippen molar-refractivity contribution in [2.75, 3.05) is 11.9 Å². The molecular weight excluding hydrogens is 218 g/mol. The van der Waals surface area contributed by atoms with Crippen molar-refractivity contribution in [3.05, 3.63) is 22.6 Å². The molecule has 2 rings (SSSR count). The van der Waals surface area contributed by atoms with Crippen molar-refractivity contribution in [3.63, 3.8) is 0 Å². The summed E-state index contributed by atoms with van der Waals surface area (Å²) in [5.41, 5.74) is 0.223. The first kappa shape index (κ1) is 11.6. The second kappa shape index (κ2) is 5.47. The Hall–Kier alpha value is -1.85. The number of aromatic nitrogens is 4. The number of nitrogens with zero attached hydrogens (tertiary/aromatic N) is 3. The number of anilines is 1. The maximum absolute atomic E-state index is 11.3. The Bertz CT molecular complexity index is 530. The number of H-pyrrole nitrogens is 1. The maximum Gasteiger partial charge on any atom is 0.364 e. The first-order chi connectivity index (χ1) is 8.31. The SMILES string of the molecule is CCCCCCNc1ccc2n[nH]c(=O)n2n1. The number of aromatic amines is 1. The van der Waals surface area contributed by atoms with E-state index in [-0.39, 0.29) is 5.69 Å². The van der Waals surface area contributed by atoms with Crippen LogP contribution in [0.2, 0.25) is 0 Å². The summed E-state index contributed by atoms with van der Waals surface area (Å²) in [5, 5.41) is 13.5. The van der Waals surface area contributed by atoms with Crippen LogP contribution in [0.1, 0.15) is 32.6 Å². The van der Waals surface area contributed by atoms with Gasteiger partial charge in [0, 0.05) is 6.54 Å². The topological polar surface area (TPSA) is 75.1 Å². The monoisotopic (exact) mass is 235 g/mol. The highest BCUT2D eigenvalue weighted by atomic mass is 16.2. The van der Waals surface area contributed by atoms with Gasteiger partial charge in [0.05, 0.1) is 0 Å². The van der Waals surface area contributed by atoms with Crippen molar-refractivity contribution in [1.82, 2.24) is 19.8 Å². The summed E-state index contributed by atoms with van der Waals surface area (Å²) in [6, 6.07) is 3.59. The third-order valence-corrected chi connectivity index (χ3v) is 2.61. The molecule has 2 N–H and O–H groups in total. The van der Waals surface area contributed by atoms with Crippen LogP contribution in [0.25, 0.3) is 5.65 Å². The minimum Gasteiger partial charge on any atom is -0.369 e. The van der Waals surface area contributed by atoms with Crippen molar-refractivity contribution >= 4 is 11.5 Å². The lowest BCUT2D eigenvalue weighted by Gasteiger charge is -2.04. The van der Waals surface area contributed by atoms with Crippen LogP contribution < -0.4 is 11.0 Å². The molecule has 0 unspecified atom stereocenters. The maximum atomic E-state index is 11.3. The molecule has 6 nitrogen and oxygen atoms in total. The lowest BCUT2D eigenvalue weighted by Crippen LogP contribution is -2.14. The van der Waals surface area contributed by atoms with Crippen LogP contribution in [0.4, 0.5) is 5.82 Å². The Labute approximate surface area is 99.0 Å². The van der Waals surface area contributed by atoms with Crippen molar-refractivity contribution in [3.8, 4) is 0 Å². The van der Waals surface area contributed by atoms with Gasteiger partial charge in [-0.3, -0.25) is 0 Å². The van der Waals surface area contributed by atoms with Crippen LogP contribution in [0.15, 0.2) is 16.9 Å². The summed E-state index contributed by atoms with van der Waals surface area (Å²) in [6.07, 6.45) is 4.83. The van der Waals surface area contributed by atoms with Crippen molar-refractivity contribution < 1.29 is 0 Å². The Morgan fingerprint density at radius 3 is 3.06 bits per heavy atom. The molecule has 0 atom stereocenters. The number of unbranched alkanes of at least 4 members (excludes halogenated alkanes) is 3. The number of hydrogen-bond donors (Lipinski definition) is 2. The molecule has 2 aromatic rings. The molecule has 0 amide bonds. The van der Waals surface area contributed by atoms with Crippen LogP contribution in [0.5, 0.6) is 0 Å². The van der Waals surface area contributed by atoms with Crippen LogP contribution in [-0.4, -0.2) is 26.4 Å². The van der Waals surface area contributed by atoms with E-state index >= 15 is 0 Å². The molecule has 0 aliphatic carbocycles. The second-order valence-electron chi connectivity index (χ2n) is 4.00. The molecule has 0 fully saturated rings. The molecule has 0 saturated heterocycles. The van der Waals surface area contributed by atoms with E-state index in [4.69, 9.17) is 0 Å². The summed E-state index contributed by atoms with van der Waals surface area (Å²) in [7, 11) is 0. The number of hydrogen-bond acceptors (Lipinski definition) is 4. The molecule has 0 aromatic carbocycles. The predicted molar refractivity (Wildman–Crippen MR) is 66.2 cm³/mol. The third-order valence-electron chi connectivity index (χ3n) is 2.61. The van der Waals surface area contributed by atoms with E-state index in [0.717, 1.165) is 13.0 Å². The van der Waals surface area contributed by atoms with Crippen molar-refractivity contribution in [2.45, 2.75) is 32.6 Å². The van der Waals surface area contributed by atoms with Gasteiger partial charge in [0.15, 0.2) is 5.65 Å². The number of nitrogens with one attached hydrogen (secondary N) is 2. The van der Waals surface area contributed by atoms with Gasteiger partial charge in [0.2, 0.25) is 0 Å². The minimum atomic E-state index is -0.311. The van der Waals surface area contributed by atoms with Gasteiger partial charge in [-0.05, 0) is 18.6 Å². The summed E-state index contributed by atoms with van der Waals surface area (Å²) in [6.45, 7) is 3.07. The highest BCUT2D eigenvalue weighted by molar-refractivity contribution is 5.42. The van der Waals surface area contributed by atoms with Crippen LogP contribution >= 0.6 is 0 Å². The molecule has 0 spiro atoms. The Kier molecular flexibility index (Phi) is 3.74. The second-order valence-corrected chi connectivity index (χ2v) is 4.00. The molecule has 92 valence electrons. The Morgan fingerprint density at radius 1 is 1.35 bits per heavy atom. The van der Waals surface area contributed by atoms with E-state index in [1.54, 1.807) is 6.07 Å². The van der Waals surface area contributed by atoms with E-state index < -0.39 is 0 Å². The zero-order valence-corrected chi connectivity index (χ0v) is 9.94. The Morgan fingerprint density at radius 2 is 2.24 bits per heavy atom. The lowest BCUT2D eigenvalue weighted by molar-refractivity contribution is 0.683. The van der Waals surface area contributed by atoms with E-state index in [0.29, 0.717) is 11.5 Å².